The minimum Gasteiger partial charge on any atom is -0.478 e. The average molecular weight is 279 g/mol. The van der Waals surface area contributed by atoms with Crippen LogP contribution in [0.4, 0.5) is 0 Å². The van der Waals surface area contributed by atoms with Crippen LogP contribution in [-0.2, 0) is 11.3 Å². The normalized spacial score (nSPS) is 15.5. The molecular formula is C15H21NO2S. The van der Waals surface area contributed by atoms with Gasteiger partial charge in [0.05, 0.1) is 0 Å². The molecule has 1 aromatic rings. The molecule has 0 amide bonds. The van der Waals surface area contributed by atoms with Gasteiger partial charge in [-0.05, 0) is 49.9 Å². The third-order valence-electron chi connectivity index (χ3n) is 3.21. The molecule has 1 N–H and O–H groups in total. The van der Waals surface area contributed by atoms with Crippen LogP contribution in [0, 0.1) is 5.92 Å². The van der Waals surface area contributed by atoms with Gasteiger partial charge >= 0.3 is 5.97 Å². The molecule has 1 saturated carbocycles. The lowest BCUT2D eigenvalue weighted by Crippen LogP contribution is -2.25. The Labute approximate surface area is 118 Å². The van der Waals surface area contributed by atoms with Crippen LogP contribution < -0.4 is 0 Å². The van der Waals surface area contributed by atoms with Crippen LogP contribution in [-0.4, -0.2) is 29.1 Å². The van der Waals surface area contributed by atoms with Crippen molar-refractivity contribution < 1.29 is 9.90 Å². The predicted molar refractivity (Wildman–Crippen MR) is 79.3 cm³/mol. The fourth-order valence-electron chi connectivity index (χ4n) is 2.16. The highest BCUT2D eigenvalue weighted by atomic mass is 32.1. The molecule has 3 nitrogen and oxygen atoms in total. The molecule has 1 fully saturated rings. The molecule has 2 rings (SSSR count). The zero-order valence-corrected chi connectivity index (χ0v) is 12.2. The number of thiophene rings is 1. The quantitative estimate of drug-likeness (QED) is 0.741. The maximum atomic E-state index is 10.5. The number of hydrogen-bond donors (Lipinski definition) is 1. The lowest BCUT2D eigenvalue weighted by Gasteiger charge is -2.20. The molecule has 0 saturated heterocycles. The molecule has 0 bridgehead atoms. The highest BCUT2D eigenvalue weighted by molar-refractivity contribution is 7.12. The second kappa shape index (κ2) is 6.87. The van der Waals surface area contributed by atoms with Gasteiger partial charge in [0.15, 0.2) is 0 Å². The van der Waals surface area contributed by atoms with E-state index in [0.717, 1.165) is 23.9 Å². The minimum absolute atomic E-state index is 0.892. The van der Waals surface area contributed by atoms with Crippen LogP contribution in [0.5, 0.6) is 0 Å². The Bertz CT molecular complexity index is 449. The number of carboxylic acid groups (broad SMARTS) is 1. The monoisotopic (exact) mass is 279 g/mol. The Morgan fingerprint density at radius 2 is 2.32 bits per heavy atom. The van der Waals surface area contributed by atoms with Crippen LogP contribution >= 0.6 is 11.3 Å². The first-order valence-corrected chi connectivity index (χ1v) is 7.71. The van der Waals surface area contributed by atoms with Crippen LogP contribution in [0.1, 0.15) is 35.9 Å². The van der Waals surface area contributed by atoms with Crippen molar-refractivity contribution in [1.29, 1.82) is 0 Å². The maximum Gasteiger partial charge on any atom is 0.328 e. The fraction of sp³-hybridized carbons (Fsp3) is 0.533. The summed E-state index contributed by atoms with van der Waals surface area (Å²) in [4.78, 5) is 15.3. The standard InChI is InChI=1S/C15H21NO2S/c1-2-9-16(10-12-3-4-12)11-14-6-5-13(19-14)7-8-15(17)18/h5-8,12H,2-4,9-11H2,1H3,(H,17,18). The molecular weight excluding hydrogens is 258 g/mol. The van der Waals surface area contributed by atoms with Gasteiger partial charge in [-0.2, -0.15) is 0 Å². The first kappa shape index (κ1) is 14.3. The largest absolute Gasteiger partial charge is 0.478 e. The van der Waals surface area contributed by atoms with Crippen LogP contribution in [0.25, 0.3) is 6.08 Å². The van der Waals surface area contributed by atoms with E-state index in [1.165, 1.54) is 36.8 Å². The molecule has 0 spiro atoms. The SMILES string of the molecule is CCCN(Cc1ccc(C=CC(=O)O)s1)CC1CC1. The zero-order valence-electron chi connectivity index (χ0n) is 11.3. The summed E-state index contributed by atoms with van der Waals surface area (Å²) in [6.07, 6.45) is 6.82. The number of rotatable bonds is 8. The van der Waals surface area contributed by atoms with E-state index in [9.17, 15) is 4.79 Å². The van der Waals surface area contributed by atoms with E-state index in [4.69, 9.17) is 5.11 Å². The van der Waals surface area contributed by atoms with Gasteiger partial charge in [0.25, 0.3) is 0 Å². The van der Waals surface area contributed by atoms with E-state index < -0.39 is 5.97 Å². The molecule has 0 unspecified atom stereocenters. The fourth-order valence-corrected chi connectivity index (χ4v) is 3.12. The number of carboxylic acids is 1. The number of hydrogen-bond acceptors (Lipinski definition) is 3. The first-order valence-electron chi connectivity index (χ1n) is 6.89. The molecule has 0 atom stereocenters. The molecule has 0 aliphatic heterocycles. The highest BCUT2D eigenvalue weighted by Crippen LogP contribution is 2.30. The number of aliphatic carboxylic acids is 1. The van der Waals surface area contributed by atoms with Crippen molar-refractivity contribution in [3.05, 3.63) is 28.0 Å². The topological polar surface area (TPSA) is 40.5 Å². The molecule has 1 aliphatic carbocycles. The van der Waals surface area contributed by atoms with Crippen molar-refractivity contribution in [2.75, 3.05) is 13.1 Å². The van der Waals surface area contributed by atoms with Gasteiger partial charge in [-0.15, -0.1) is 11.3 Å². The number of carbonyl (C=O) groups is 1. The maximum absolute atomic E-state index is 10.5. The van der Waals surface area contributed by atoms with E-state index in [1.807, 2.05) is 6.07 Å². The summed E-state index contributed by atoms with van der Waals surface area (Å²) in [6.45, 7) is 5.58. The molecule has 1 heterocycles. The lowest BCUT2D eigenvalue weighted by molar-refractivity contribution is -0.131. The summed E-state index contributed by atoms with van der Waals surface area (Å²) in [5.74, 6) is 0.0224. The van der Waals surface area contributed by atoms with Gasteiger partial charge in [0, 0.05) is 28.9 Å². The van der Waals surface area contributed by atoms with Gasteiger partial charge in [-0.1, -0.05) is 6.92 Å². The molecule has 1 aliphatic rings. The number of nitrogens with zero attached hydrogens (tertiary/aromatic N) is 1. The van der Waals surface area contributed by atoms with E-state index >= 15 is 0 Å². The van der Waals surface area contributed by atoms with Crippen molar-refractivity contribution in [2.24, 2.45) is 5.92 Å². The molecule has 0 aromatic carbocycles. The van der Waals surface area contributed by atoms with E-state index in [-0.39, 0.29) is 0 Å². The van der Waals surface area contributed by atoms with Crippen LogP contribution in [0.2, 0.25) is 0 Å². The Kier molecular flexibility index (Phi) is 5.16. The van der Waals surface area contributed by atoms with Gasteiger partial charge in [0.1, 0.15) is 0 Å². The summed E-state index contributed by atoms with van der Waals surface area (Å²) in [6, 6.07) is 4.11. The van der Waals surface area contributed by atoms with E-state index in [0.29, 0.717) is 0 Å². The van der Waals surface area contributed by atoms with Crippen LogP contribution in [0.3, 0.4) is 0 Å². The van der Waals surface area contributed by atoms with Gasteiger partial charge in [-0.3, -0.25) is 4.90 Å². The Hall–Kier alpha value is -1.13. The molecule has 19 heavy (non-hydrogen) atoms. The summed E-state index contributed by atoms with van der Waals surface area (Å²) in [5, 5.41) is 8.61. The Morgan fingerprint density at radius 1 is 1.53 bits per heavy atom. The zero-order chi connectivity index (χ0) is 13.7. The third kappa shape index (κ3) is 5.17. The molecule has 104 valence electrons. The lowest BCUT2D eigenvalue weighted by atomic mass is 10.3. The average Bonchev–Trinajstić information content (AvgIpc) is 3.05. The second-order valence-electron chi connectivity index (χ2n) is 5.15. The van der Waals surface area contributed by atoms with Crippen molar-refractivity contribution in [3.63, 3.8) is 0 Å². The smallest absolute Gasteiger partial charge is 0.328 e. The second-order valence-corrected chi connectivity index (χ2v) is 6.35. The minimum atomic E-state index is -0.892. The Morgan fingerprint density at radius 3 is 2.95 bits per heavy atom. The summed E-state index contributed by atoms with van der Waals surface area (Å²) >= 11 is 1.68. The van der Waals surface area contributed by atoms with Gasteiger partial charge in [0.2, 0.25) is 0 Å². The highest BCUT2D eigenvalue weighted by Gasteiger charge is 2.24. The van der Waals surface area contributed by atoms with Gasteiger partial charge < -0.3 is 5.11 Å². The third-order valence-corrected chi connectivity index (χ3v) is 4.24. The van der Waals surface area contributed by atoms with E-state index in [1.54, 1.807) is 17.4 Å². The predicted octanol–water partition coefficient (Wildman–Crippen LogP) is 3.47. The van der Waals surface area contributed by atoms with Crippen LogP contribution in [0.15, 0.2) is 18.2 Å². The summed E-state index contributed by atoms with van der Waals surface area (Å²) in [7, 11) is 0. The first-order chi connectivity index (χ1) is 9.17. The van der Waals surface area contributed by atoms with Gasteiger partial charge in [-0.25, -0.2) is 4.79 Å². The molecule has 0 radical (unpaired) electrons. The summed E-state index contributed by atoms with van der Waals surface area (Å²) < 4.78 is 0. The van der Waals surface area contributed by atoms with Crippen molar-refractivity contribution in [3.8, 4) is 0 Å². The van der Waals surface area contributed by atoms with E-state index in [2.05, 4.69) is 17.9 Å². The van der Waals surface area contributed by atoms with Crippen molar-refractivity contribution >= 4 is 23.4 Å². The summed E-state index contributed by atoms with van der Waals surface area (Å²) in [5.41, 5.74) is 0. The van der Waals surface area contributed by atoms with Crippen molar-refractivity contribution in [1.82, 2.24) is 4.90 Å². The molecule has 4 heteroatoms. The van der Waals surface area contributed by atoms with Crippen molar-refractivity contribution in [2.45, 2.75) is 32.7 Å². The molecule has 1 aromatic heterocycles. The Balaban J connectivity index is 1.90.